The van der Waals surface area contributed by atoms with E-state index in [4.69, 9.17) is 10.9 Å². The first-order valence-electron chi connectivity index (χ1n) is 5.18. The van der Waals surface area contributed by atoms with Gasteiger partial charge in [-0.15, -0.1) is 0 Å². The Kier molecular flexibility index (Phi) is 4.77. The number of alkyl halides is 1. The molecule has 1 aliphatic heterocycles. The van der Waals surface area contributed by atoms with Gasteiger partial charge in [0.1, 0.15) is 6.67 Å². The van der Waals surface area contributed by atoms with E-state index in [0.29, 0.717) is 6.54 Å². The average Bonchev–Trinajstić information content (AvgIpc) is 2.28. The lowest BCUT2D eigenvalue weighted by Gasteiger charge is -2.37. The SMILES string of the molecule is CC(C(N)=NO)N1CCN(CCF)CC1. The van der Waals surface area contributed by atoms with Crippen molar-refractivity contribution in [3.05, 3.63) is 0 Å². The summed E-state index contributed by atoms with van der Waals surface area (Å²) in [7, 11) is 0. The summed E-state index contributed by atoms with van der Waals surface area (Å²) in [4.78, 5) is 4.21. The Morgan fingerprint density at radius 2 is 2.07 bits per heavy atom. The monoisotopic (exact) mass is 218 g/mol. The van der Waals surface area contributed by atoms with E-state index in [1.165, 1.54) is 0 Å². The van der Waals surface area contributed by atoms with Crippen LogP contribution in [0.15, 0.2) is 5.16 Å². The number of amidine groups is 1. The van der Waals surface area contributed by atoms with Gasteiger partial charge in [-0.1, -0.05) is 5.16 Å². The van der Waals surface area contributed by atoms with E-state index in [9.17, 15) is 4.39 Å². The number of rotatable bonds is 4. The van der Waals surface area contributed by atoms with E-state index < -0.39 is 0 Å². The summed E-state index contributed by atoms with van der Waals surface area (Å²) in [5.41, 5.74) is 5.53. The summed E-state index contributed by atoms with van der Waals surface area (Å²) < 4.78 is 12.1. The molecule has 0 aromatic carbocycles. The van der Waals surface area contributed by atoms with Crippen molar-refractivity contribution in [1.29, 1.82) is 0 Å². The predicted octanol–water partition coefficient (Wildman–Crippen LogP) is -0.292. The Morgan fingerprint density at radius 1 is 1.47 bits per heavy atom. The van der Waals surface area contributed by atoms with Gasteiger partial charge in [0.15, 0.2) is 5.84 Å². The molecule has 1 aliphatic rings. The van der Waals surface area contributed by atoms with Crippen molar-refractivity contribution in [2.24, 2.45) is 10.9 Å². The van der Waals surface area contributed by atoms with E-state index in [-0.39, 0.29) is 18.6 Å². The summed E-state index contributed by atoms with van der Waals surface area (Å²) in [6, 6.07) is -0.0532. The summed E-state index contributed by atoms with van der Waals surface area (Å²) in [6.07, 6.45) is 0. The molecule has 5 nitrogen and oxygen atoms in total. The fourth-order valence-corrected chi connectivity index (χ4v) is 1.76. The smallest absolute Gasteiger partial charge is 0.156 e. The van der Waals surface area contributed by atoms with Crippen LogP contribution in [0.4, 0.5) is 4.39 Å². The second-order valence-electron chi connectivity index (χ2n) is 3.77. The molecule has 0 aromatic rings. The van der Waals surface area contributed by atoms with Crippen LogP contribution < -0.4 is 5.73 Å². The van der Waals surface area contributed by atoms with Gasteiger partial charge in [-0.25, -0.2) is 4.39 Å². The first-order valence-corrected chi connectivity index (χ1v) is 5.18. The highest BCUT2D eigenvalue weighted by Gasteiger charge is 2.22. The number of halogens is 1. The van der Waals surface area contributed by atoms with Crippen molar-refractivity contribution in [1.82, 2.24) is 9.80 Å². The molecular weight excluding hydrogens is 199 g/mol. The molecule has 1 rings (SSSR count). The molecule has 0 aliphatic carbocycles. The van der Waals surface area contributed by atoms with Crippen molar-refractivity contribution in [3.8, 4) is 0 Å². The molecule has 6 heteroatoms. The van der Waals surface area contributed by atoms with Crippen LogP contribution in [-0.4, -0.2) is 66.3 Å². The minimum absolute atomic E-state index is 0.0532. The molecule has 88 valence electrons. The zero-order chi connectivity index (χ0) is 11.3. The Bertz CT molecular complexity index is 216. The summed E-state index contributed by atoms with van der Waals surface area (Å²) in [5, 5.41) is 11.5. The van der Waals surface area contributed by atoms with E-state index in [1.54, 1.807) is 0 Å². The molecule has 0 spiro atoms. The Hall–Kier alpha value is -0.880. The number of oxime groups is 1. The second-order valence-corrected chi connectivity index (χ2v) is 3.77. The molecule has 1 heterocycles. The molecule has 1 fully saturated rings. The minimum Gasteiger partial charge on any atom is -0.409 e. The van der Waals surface area contributed by atoms with Crippen molar-refractivity contribution in [2.45, 2.75) is 13.0 Å². The second kappa shape index (κ2) is 5.87. The quantitative estimate of drug-likeness (QED) is 0.294. The maximum atomic E-state index is 12.1. The molecular formula is C9H19FN4O. The van der Waals surface area contributed by atoms with Crippen molar-refractivity contribution in [2.75, 3.05) is 39.4 Å². The molecule has 1 unspecified atom stereocenters. The average molecular weight is 218 g/mol. The third-order valence-corrected chi connectivity index (χ3v) is 2.90. The van der Waals surface area contributed by atoms with E-state index in [0.717, 1.165) is 26.2 Å². The molecule has 0 aromatic heterocycles. The highest BCUT2D eigenvalue weighted by molar-refractivity contribution is 5.84. The molecule has 3 N–H and O–H groups in total. The van der Waals surface area contributed by atoms with Crippen LogP contribution in [0.1, 0.15) is 6.92 Å². The molecule has 0 amide bonds. The Morgan fingerprint density at radius 3 is 2.53 bits per heavy atom. The number of hydrogen-bond acceptors (Lipinski definition) is 4. The largest absolute Gasteiger partial charge is 0.409 e. The maximum Gasteiger partial charge on any atom is 0.156 e. The standard InChI is InChI=1S/C9H19FN4O/c1-8(9(11)12-15)14-6-4-13(3-2-10)5-7-14/h8,15H,2-7H2,1H3,(H2,11,12). The van der Waals surface area contributed by atoms with Gasteiger partial charge in [-0.3, -0.25) is 9.80 Å². The third kappa shape index (κ3) is 3.32. The summed E-state index contributed by atoms with van der Waals surface area (Å²) >= 11 is 0. The van der Waals surface area contributed by atoms with Gasteiger partial charge in [0.05, 0.1) is 6.04 Å². The predicted molar refractivity (Wildman–Crippen MR) is 56.9 cm³/mol. The topological polar surface area (TPSA) is 65.1 Å². The van der Waals surface area contributed by atoms with Gasteiger partial charge in [-0.2, -0.15) is 0 Å². The third-order valence-electron chi connectivity index (χ3n) is 2.90. The zero-order valence-corrected chi connectivity index (χ0v) is 9.06. The molecule has 0 saturated carbocycles. The molecule has 1 atom stereocenters. The number of hydrogen-bond donors (Lipinski definition) is 2. The Balaban J connectivity index is 2.36. The van der Waals surface area contributed by atoms with Crippen LogP contribution in [0.3, 0.4) is 0 Å². The lowest BCUT2D eigenvalue weighted by molar-refractivity contribution is 0.115. The minimum atomic E-state index is -0.296. The van der Waals surface area contributed by atoms with Crippen LogP contribution in [0.25, 0.3) is 0 Å². The number of nitrogens with two attached hydrogens (primary N) is 1. The molecule has 0 bridgehead atoms. The van der Waals surface area contributed by atoms with Crippen molar-refractivity contribution in [3.63, 3.8) is 0 Å². The van der Waals surface area contributed by atoms with Crippen LogP contribution >= 0.6 is 0 Å². The zero-order valence-electron chi connectivity index (χ0n) is 9.06. The lowest BCUT2D eigenvalue weighted by Crippen LogP contribution is -2.53. The normalized spacial score (nSPS) is 22.9. The summed E-state index contributed by atoms with van der Waals surface area (Å²) in [6.45, 7) is 5.45. The van der Waals surface area contributed by atoms with E-state index >= 15 is 0 Å². The van der Waals surface area contributed by atoms with Gasteiger partial charge in [0.2, 0.25) is 0 Å². The van der Waals surface area contributed by atoms with Gasteiger partial charge < -0.3 is 10.9 Å². The van der Waals surface area contributed by atoms with Gasteiger partial charge in [-0.05, 0) is 6.92 Å². The molecule has 1 saturated heterocycles. The van der Waals surface area contributed by atoms with Crippen molar-refractivity contribution >= 4 is 5.84 Å². The first kappa shape index (κ1) is 12.2. The van der Waals surface area contributed by atoms with Gasteiger partial charge >= 0.3 is 0 Å². The highest BCUT2D eigenvalue weighted by atomic mass is 19.1. The van der Waals surface area contributed by atoms with Crippen LogP contribution in [0, 0.1) is 0 Å². The molecule has 0 radical (unpaired) electrons. The summed E-state index contributed by atoms with van der Waals surface area (Å²) in [5.74, 6) is 0.231. The van der Waals surface area contributed by atoms with Crippen LogP contribution in [0.5, 0.6) is 0 Å². The van der Waals surface area contributed by atoms with Crippen molar-refractivity contribution < 1.29 is 9.60 Å². The highest BCUT2D eigenvalue weighted by Crippen LogP contribution is 2.06. The van der Waals surface area contributed by atoms with Gasteiger partial charge in [0, 0.05) is 32.7 Å². The van der Waals surface area contributed by atoms with E-state index in [1.807, 2.05) is 6.92 Å². The number of nitrogens with zero attached hydrogens (tertiary/aromatic N) is 3. The molecule has 15 heavy (non-hydrogen) atoms. The fourth-order valence-electron chi connectivity index (χ4n) is 1.76. The fraction of sp³-hybridized carbons (Fsp3) is 0.889. The van der Waals surface area contributed by atoms with Crippen LogP contribution in [0.2, 0.25) is 0 Å². The number of piperazine rings is 1. The first-order chi connectivity index (χ1) is 7.19. The van der Waals surface area contributed by atoms with Gasteiger partial charge in [0.25, 0.3) is 0 Å². The van der Waals surface area contributed by atoms with Crippen LogP contribution in [-0.2, 0) is 0 Å². The van der Waals surface area contributed by atoms with E-state index in [2.05, 4.69) is 15.0 Å². The maximum absolute atomic E-state index is 12.1. The lowest BCUT2D eigenvalue weighted by atomic mass is 10.2. The Labute approximate surface area is 89.3 Å².